The Bertz CT molecular complexity index is 832. The minimum atomic E-state index is -3.87. The molecule has 26 heavy (non-hydrogen) atoms. The van der Waals surface area contributed by atoms with E-state index in [4.69, 9.17) is 4.74 Å². The van der Waals surface area contributed by atoms with Gasteiger partial charge in [0.2, 0.25) is 15.9 Å². The van der Waals surface area contributed by atoms with E-state index in [-0.39, 0.29) is 35.6 Å². The molecule has 1 aliphatic carbocycles. The van der Waals surface area contributed by atoms with Crippen molar-refractivity contribution in [3.63, 3.8) is 0 Å². The summed E-state index contributed by atoms with van der Waals surface area (Å²) >= 11 is 0. The van der Waals surface area contributed by atoms with Crippen LogP contribution in [0.1, 0.15) is 13.3 Å². The highest BCUT2D eigenvalue weighted by molar-refractivity contribution is 7.89. The minimum absolute atomic E-state index is 0.00270. The zero-order chi connectivity index (χ0) is 19.1. The first-order chi connectivity index (χ1) is 12.3. The summed E-state index contributed by atoms with van der Waals surface area (Å²) in [4.78, 5) is 24.3. The Hall–Kier alpha value is -2.20. The second-order valence-electron chi connectivity index (χ2n) is 6.64. The second kappa shape index (κ2) is 6.84. The Morgan fingerprint density at radius 1 is 1.27 bits per heavy atom. The van der Waals surface area contributed by atoms with Gasteiger partial charge in [-0.3, -0.25) is 14.9 Å². The van der Waals surface area contributed by atoms with Crippen molar-refractivity contribution >= 4 is 21.6 Å². The zero-order valence-electron chi connectivity index (χ0n) is 14.6. The van der Waals surface area contributed by atoms with Crippen molar-refractivity contribution < 1.29 is 22.9 Å². The second-order valence-corrected chi connectivity index (χ2v) is 8.58. The molecule has 1 saturated heterocycles. The molecule has 1 aromatic rings. The van der Waals surface area contributed by atoms with Crippen LogP contribution in [0, 0.1) is 22.0 Å². The van der Waals surface area contributed by atoms with Gasteiger partial charge >= 0.3 is 5.69 Å². The number of nitrogens with zero attached hydrogens (tertiary/aromatic N) is 3. The fourth-order valence-electron chi connectivity index (χ4n) is 3.17. The molecular formula is C16H21N3O6S. The molecule has 142 valence electrons. The topological polar surface area (TPSA) is 110 Å². The maximum absolute atomic E-state index is 12.8. The van der Waals surface area contributed by atoms with Crippen molar-refractivity contribution in [2.24, 2.45) is 11.8 Å². The molecule has 0 aromatic heterocycles. The molecule has 2 aliphatic rings. The molecule has 1 saturated carbocycles. The van der Waals surface area contributed by atoms with Gasteiger partial charge in [-0.25, -0.2) is 8.42 Å². The number of carbonyl (C=O) groups excluding carboxylic acids is 1. The number of piperazine rings is 1. The Morgan fingerprint density at radius 3 is 2.38 bits per heavy atom. The number of nitro benzene ring substituents is 1. The van der Waals surface area contributed by atoms with E-state index in [1.807, 2.05) is 6.92 Å². The molecule has 3 rings (SSSR count). The summed E-state index contributed by atoms with van der Waals surface area (Å²) in [5.41, 5.74) is -0.398. The third-order valence-electron chi connectivity index (χ3n) is 4.96. The largest absolute Gasteiger partial charge is 0.490 e. The summed E-state index contributed by atoms with van der Waals surface area (Å²) in [6.07, 6.45) is 0.896. The van der Waals surface area contributed by atoms with Crippen LogP contribution < -0.4 is 4.74 Å². The first-order valence-electron chi connectivity index (χ1n) is 8.37. The molecule has 0 N–H and O–H groups in total. The molecule has 2 atom stereocenters. The van der Waals surface area contributed by atoms with Gasteiger partial charge in [-0.2, -0.15) is 4.31 Å². The van der Waals surface area contributed by atoms with Crippen LogP contribution in [-0.2, 0) is 14.8 Å². The van der Waals surface area contributed by atoms with Gasteiger partial charge in [0.25, 0.3) is 0 Å². The van der Waals surface area contributed by atoms with E-state index in [2.05, 4.69) is 0 Å². The summed E-state index contributed by atoms with van der Waals surface area (Å²) in [5, 5.41) is 11.1. The van der Waals surface area contributed by atoms with Gasteiger partial charge in [0.15, 0.2) is 5.75 Å². The molecule has 1 aliphatic heterocycles. The molecule has 0 spiro atoms. The van der Waals surface area contributed by atoms with Crippen LogP contribution in [0.5, 0.6) is 5.75 Å². The van der Waals surface area contributed by atoms with E-state index < -0.39 is 20.6 Å². The van der Waals surface area contributed by atoms with Crippen LogP contribution >= 0.6 is 0 Å². The van der Waals surface area contributed by atoms with Gasteiger partial charge in [0.1, 0.15) is 0 Å². The Labute approximate surface area is 151 Å². The number of rotatable bonds is 5. The minimum Gasteiger partial charge on any atom is -0.490 e. The van der Waals surface area contributed by atoms with E-state index >= 15 is 0 Å². The number of sulfonamides is 1. The molecule has 1 aromatic carbocycles. The van der Waals surface area contributed by atoms with Gasteiger partial charge in [-0.15, -0.1) is 0 Å². The standard InChI is InChI=1S/C16H21N3O6S/c1-11-9-13(11)16(20)17-5-7-18(8-6-17)26(23,24)12-3-4-15(25-2)14(10-12)19(21)22/h3-4,10-11,13H,5-9H2,1-2H3/t11-,13+/m0/s1. The average Bonchev–Trinajstić information content (AvgIpc) is 3.37. The van der Waals surface area contributed by atoms with Gasteiger partial charge in [-0.1, -0.05) is 6.92 Å². The summed E-state index contributed by atoms with van der Waals surface area (Å²) in [7, 11) is -2.59. The van der Waals surface area contributed by atoms with E-state index in [0.717, 1.165) is 12.5 Å². The number of nitro groups is 1. The van der Waals surface area contributed by atoms with Crippen molar-refractivity contribution in [2.45, 2.75) is 18.2 Å². The van der Waals surface area contributed by atoms with Crippen LogP contribution in [-0.4, -0.2) is 61.7 Å². The van der Waals surface area contributed by atoms with Crippen LogP contribution in [0.2, 0.25) is 0 Å². The van der Waals surface area contributed by atoms with Gasteiger partial charge in [-0.05, 0) is 24.5 Å². The normalized spacial score (nSPS) is 23.5. The van der Waals surface area contributed by atoms with E-state index in [9.17, 15) is 23.3 Å². The summed E-state index contributed by atoms with van der Waals surface area (Å²) in [5.74, 6) is 0.573. The number of hydrogen-bond donors (Lipinski definition) is 0. The number of methoxy groups -OCH3 is 1. The highest BCUT2D eigenvalue weighted by atomic mass is 32.2. The number of amides is 1. The van der Waals surface area contributed by atoms with Crippen LogP contribution in [0.25, 0.3) is 0 Å². The predicted molar refractivity (Wildman–Crippen MR) is 92.3 cm³/mol. The van der Waals surface area contributed by atoms with E-state index in [1.54, 1.807) is 4.90 Å². The summed E-state index contributed by atoms with van der Waals surface area (Å²) in [6, 6.07) is 3.58. The molecule has 0 unspecified atom stereocenters. The molecule has 1 amide bonds. The summed E-state index contributed by atoms with van der Waals surface area (Å²) in [6.45, 7) is 3.04. The van der Waals surface area contributed by atoms with Crippen LogP contribution in [0.3, 0.4) is 0 Å². The highest BCUT2D eigenvalue weighted by Crippen LogP contribution is 2.39. The van der Waals surface area contributed by atoms with Crippen LogP contribution in [0.15, 0.2) is 23.1 Å². The monoisotopic (exact) mass is 383 g/mol. The van der Waals surface area contributed by atoms with Crippen molar-refractivity contribution in [2.75, 3.05) is 33.3 Å². The highest BCUT2D eigenvalue weighted by Gasteiger charge is 2.42. The number of hydrogen-bond acceptors (Lipinski definition) is 6. The molecule has 2 fully saturated rings. The maximum Gasteiger partial charge on any atom is 0.312 e. The molecule has 1 heterocycles. The van der Waals surface area contributed by atoms with Crippen molar-refractivity contribution in [3.8, 4) is 5.75 Å². The predicted octanol–water partition coefficient (Wildman–Crippen LogP) is 1.09. The number of benzene rings is 1. The Kier molecular flexibility index (Phi) is 4.89. The fourth-order valence-corrected chi connectivity index (χ4v) is 4.61. The third kappa shape index (κ3) is 3.38. The van der Waals surface area contributed by atoms with Crippen molar-refractivity contribution in [1.29, 1.82) is 0 Å². The molecular weight excluding hydrogens is 362 g/mol. The smallest absolute Gasteiger partial charge is 0.312 e. The Morgan fingerprint density at radius 2 is 1.88 bits per heavy atom. The lowest BCUT2D eigenvalue weighted by atomic mass is 10.2. The van der Waals surface area contributed by atoms with Gasteiger partial charge < -0.3 is 9.64 Å². The SMILES string of the molecule is COc1ccc(S(=O)(=O)N2CCN(C(=O)[C@@H]3C[C@@H]3C)CC2)cc1[N+](=O)[O-]. The molecule has 9 nitrogen and oxygen atoms in total. The lowest BCUT2D eigenvalue weighted by molar-refractivity contribution is -0.386. The van der Waals surface area contributed by atoms with Gasteiger partial charge in [0, 0.05) is 38.2 Å². The quantitative estimate of drug-likeness (QED) is 0.556. The number of ether oxygens (including phenoxy) is 1. The summed E-state index contributed by atoms with van der Waals surface area (Å²) < 4.78 is 31.8. The third-order valence-corrected chi connectivity index (χ3v) is 6.86. The van der Waals surface area contributed by atoms with Crippen molar-refractivity contribution in [1.82, 2.24) is 9.21 Å². The lowest BCUT2D eigenvalue weighted by Gasteiger charge is -2.34. The lowest BCUT2D eigenvalue weighted by Crippen LogP contribution is -2.51. The van der Waals surface area contributed by atoms with Crippen molar-refractivity contribution in [3.05, 3.63) is 28.3 Å². The molecule has 10 heteroatoms. The fraction of sp³-hybridized carbons (Fsp3) is 0.562. The first kappa shape index (κ1) is 18.6. The number of carbonyl (C=O) groups is 1. The first-order valence-corrected chi connectivity index (χ1v) is 9.81. The maximum atomic E-state index is 12.8. The van der Waals surface area contributed by atoms with Crippen LogP contribution in [0.4, 0.5) is 5.69 Å². The molecule has 0 radical (unpaired) electrons. The Balaban J connectivity index is 1.74. The molecule has 0 bridgehead atoms. The van der Waals surface area contributed by atoms with E-state index in [1.165, 1.54) is 23.5 Å². The van der Waals surface area contributed by atoms with E-state index in [0.29, 0.717) is 19.0 Å². The average molecular weight is 383 g/mol. The van der Waals surface area contributed by atoms with Gasteiger partial charge in [0.05, 0.1) is 16.9 Å². The zero-order valence-corrected chi connectivity index (χ0v) is 15.4.